The van der Waals surface area contributed by atoms with E-state index in [0.717, 1.165) is 18.4 Å². The molecule has 7 nitrogen and oxygen atoms in total. The lowest BCUT2D eigenvalue weighted by molar-refractivity contribution is 0.601. The van der Waals surface area contributed by atoms with Crippen molar-refractivity contribution in [3.8, 4) is 11.4 Å². The minimum Gasteiger partial charge on any atom is -0.280 e. The predicted octanol–water partition coefficient (Wildman–Crippen LogP) is 3.78. The van der Waals surface area contributed by atoms with Crippen molar-refractivity contribution in [2.24, 2.45) is 0 Å². The van der Waals surface area contributed by atoms with Crippen molar-refractivity contribution >= 4 is 38.9 Å². The summed E-state index contributed by atoms with van der Waals surface area (Å²) in [7, 11) is -3.84. The zero-order valence-corrected chi connectivity index (χ0v) is 15.6. The van der Waals surface area contributed by atoms with E-state index in [2.05, 4.69) is 20.2 Å². The molecule has 10 heteroatoms. The van der Waals surface area contributed by atoms with Crippen LogP contribution in [0.25, 0.3) is 11.4 Å². The van der Waals surface area contributed by atoms with Gasteiger partial charge in [0.05, 0.1) is 10.9 Å². The molecule has 1 aromatic heterocycles. The van der Waals surface area contributed by atoms with Crippen molar-refractivity contribution in [2.75, 3.05) is 4.72 Å². The molecule has 2 aromatic carbocycles. The first-order valence-corrected chi connectivity index (χ1v) is 10.0. The minimum atomic E-state index is -3.84. The number of rotatable bonds is 5. The van der Waals surface area contributed by atoms with E-state index in [4.69, 9.17) is 23.2 Å². The maximum atomic E-state index is 12.6. The second kappa shape index (κ2) is 6.53. The maximum absolute atomic E-state index is 12.6. The summed E-state index contributed by atoms with van der Waals surface area (Å²) in [5, 5.41) is 12.3. The number of nitrogens with one attached hydrogen (secondary N) is 1. The van der Waals surface area contributed by atoms with E-state index in [0.29, 0.717) is 17.6 Å². The molecule has 0 unspecified atom stereocenters. The second-order valence-corrected chi connectivity index (χ2v) is 8.52. The van der Waals surface area contributed by atoms with Crippen LogP contribution in [0.4, 0.5) is 5.69 Å². The molecule has 134 valence electrons. The normalized spacial score (nSPS) is 14.4. The predicted molar refractivity (Wildman–Crippen MR) is 98.8 cm³/mol. The van der Waals surface area contributed by atoms with Gasteiger partial charge in [-0.15, -0.1) is 5.10 Å². The molecule has 1 heterocycles. The Morgan fingerprint density at radius 1 is 1.08 bits per heavy atom. The van der Waals surface area contributed by atoms with E-state index < -0.39 is 10.0 Å². The first kappa shape index (κ1) is 17.3. The quantitative estimate of drug-likeness (QED) is 0.692. The molecule has 0 bridgehead atoms. The van der Waals surface area contributed by atoms with Crippen molar-refractivity contribution in [1.82, 2.24) is 20.2 Å². The van der Waals surface area contributed by atoms with Crippen molar-refractivity contribution in [2.45, 2.75) is 23.8 Å². The Kier molecular flexibility index (Phi) is 4.34. The zero-order chi connectivity index (χ0) is 18.3. The SMILES string of the molecule is O=S(=O)(Nc1cccc(-c2nnnn2C2CC2)c1)c1cc(Cl)cc(Cl)c1. The monoisotopic (exact) mass is 409 g/mol. The summed E-state index contributed by atoms with van der Waals surface area (Å²) in [6.07, 6.45) is 2.08. The van der Waals surface area contributed by atoms with Gasteiger partial charge in [0.15, 0.2) is 5.82 Å². The summed E-state index contributed by atoms with van der Waals surface area (Å²) in [6, 6.07) is 11.4. The van der Waals surface area contributed by atoms with Crippen molar-refractivity contribution in [3.63, 3.8) is 0 Å². The van der Waals surface area contributed by atoms with Crippen LogP contribution in [0.15, 0.2) is 47.4 Å². The molecule has 0 atom stereocenters. The molecule has 26 heavy (non-hydrogen) atoms. The van der Waals surface area contributed by atoms with E-state index >= 15 is 0 Å². The zero-order valence-electron chi connectivity index (χ0n) is 13.3. The molecular formula is C16H13Cl2N5O2S. The summed E-state index contributed by atoms with van der Waals surface area (Å²) < 4.78 is 29.5. The number of hydrogen-bond acceptors (Lipinski definition) is 5. The van der Waals surface area contributed by atoms with E-state index in [1.807, 2.05) is 6.07 Å². The average molecular weight is 410 g/mol. The molecular weight excluding hydrogens is 397 g/mol. The van der Waals surface area contributed by atoms with Gasteiger partial charge in [-0.1, -0.05) is 35.3 Å². The third-order valence-electron chi connectivity index (χ3n) is 3.90. The van der Waals surface area contributed by atoms with Gasteiger partial charge in [0.25, 0.3) is 10.0 Å². The highest BCUT2D eigenvalue weighted by atomic mass is 35.5. The van der Waals surface area contributed by atoms with Gasteiger partial charge in [-0.25, -0.2) is 13.1 Å². The smallest absolute Gasteiger partial charge is 0.261 e. The molecule has 3 aromatic rings. The van der Waals surface area contributed by atoms with E-state index in [-0.39, 0.29) is 14.9 Å². The van der Waals surface area contributed by atoms with Crippen molar-refractivity contribution in [1.29, 1.82) is 0 Å². The van der Waals surface area contributed by atoms with Gasteiger partial charge in [0, 0.05) is 21.3 Å². The molecule has 0 saturated heterocycles. The molecule has 0 amide bonds. The maximum Gasteiger partial charge on any atom is 0.261 e. The van der Waals surface area contributed by atoms with Crippen LogP contribution in [0.3, 0.4) is 0 Å². The first-order chi connectivity index (χ1) is 12.4. The Morgan fingerprint density at radius 3 is 2.50 bits per heavy atom. The van der Waals surface area contributed by atoms with Crippen LogP contribution in [0.1, 0.15) is 18.9 Å². The molecule has 0 spiro atoms. The Balaban J connectivity index is 1.65. The van der Waals surface area contributed by atoms with Gasteiger partial charge in [0.1, 0.15) is 0 Å². The molecule has 4 rings (SSSR count). The highest BCUT2D eigenvalue weighted by Crippen LogP contribution is 2.37. The number of benzene rings is 2. The Morgan fingerprint density at radius 2 is 1.81 bits per heavy atom. The van der Waals surface area contributed by atoms with Gasteiger partial charge in [0.2, 0.25) is 0 Å². The van der Waals surface area contributed by atoms with Crippen molar-refractivity contribution in [3.05, 3.63) is 52.5 Å². The van der Waals surface area contributed by atoms with Gasteiger partial charge >= 0.3 is 0 Å². The Labute approximate surface area is 160 Å². The number of anilines is 1. The molecule has 1 aliphatic carbocycles. The lowest BCUT2D eigenvalue weighted by atomic mass is 10.2. The second-order valence-electron chi connectivity index (χ2n) is 5.97. The third kappa shape index (κ3) is 3.53. The fourth-order valence-electron chi connectivity index (χ4n) is 2.57. The molecule has 1 fully saturated rings. The van der Waals surface area contributed by atoms with Crippen LogP contribution in [0.2, 0.25) is 10.0 Å². The Bertz CT molecular complexity index is 1060. The van der Waals surface area contributed by atoms with E-state index in [9.17, 15) is 8.42 Å². The number of sulfonamides is 1. The van der Waals surface area contributed by atoms with Gasteiger partial charge in [-0.05, 0) is 53.6 Å². The first-order valence-electron chi connectivity index (χ1n) is 7.79. The summed E-state index contributed by atoms with van der Waals surface area (Å²) in [5.41, 5.74) is 1.12. The number of aromatic nitrogens is 4. The largest absolute Gasteiger partial charge is 0.280 e. The highest BCUT2D eigenvalue weighted by Gasteiger charge is 2.28. The average Bonchev–Trinajstić information content (AvgIpc) is 3.30. The van der Waals surface area contributed by atoms with Crippen LogP contribution in [0, 0.1) is 0 Å². The van der Waals surface area contributed by atoms with Crippen molar-refractivity contribution < 1.29 is 8.42 Å². The van der Waals surface area contributed by atoms with Crippen LogP contribution >= 0.6 is 23.2 Å². The fourth-order valence-corrected chi connectivity index (χ4v) is 4.34. The highest BCUT2D eigenvalue weighted by molar-refractivity contribution is 7.92. The number of nitrogens with zero attached hydrogens (tertiary/aromatic N) is 4. The fraction of sp³-hybridized carbons (Fsp3) is 0.188. The van der Waals surface area contributed by atoms with Crippen LogP contribution < -0.4 is 4.72 Å². The molecule has 1 saturated carbocycles. The lowest BCUT2D eigenvalue weighted by Gasteiger charge is -2.10. The van der Waals surface area contributed by atoms with Gasteiger partial charge in [-0.3, -0.25) is 4.72 Å². The van der Waals surface area contributed by atoms with Crippen LogP contribution in [-0.2, 0) is 10.0 Å². The minimum absolute atomic E-state index is 0.0109. The van der Waals surface area contributed by atoms with Gasteiger partial charge < -0.3 is 0 Å². The van der Waals surface area contributed by atoms with Gasteiger partial charge in [-0.2, -0.15) is 0 Å². The van der Waals surface area contributed by atoms with E-state index in [1.54, 1.807) is 22.9 Å². The summed E-state index contributed by atoms with van der Waals surface area (Å²) >= 11 is 11.8. The standard InChI is InChI=1S/C16H13Cl2N5O2S/c17-11-7-12(18)9-15(8-11)26(24,25)20-13-3-1-2-10(6-13)16-19-21-22-23(16)14-4-5-14/h1-3,6-9,14,20H,4-5H2. The Hall–Kier alpha value is -2.16. The molecule has 0 radical (unpaired) electrons. The summed E-state index contributed by atoms with van der Waals surface area (Å²) in [5.74, 6) is 0.611. The summed E-state index contributed by atoms with van der Waals surface area (Å²) in [4.78, 5) is -0.0109. The molecule has 1 N–H and O–H groups in total. The summed E-state index contributed by atoms with van der Waals surface area (Å²) in [6.45, 7) is 0. The number of hydrogen-bond donors (Lipinski definition) is 1. The molecule has 1 aliphatic rings. The number of tetrazole rings is 1. The van der Waals surface area contributed by atoms with Crippen LogP contribution in [0.5, 0.6) is 0 Å². The van der Waals surface area contributed by atoms with E-state index in [1.165, 1.54) is 18.2 Å². The molecule has 0 aliphatic heterocycles. The lowest BCUT2D eigenvalue weighted by Crippen LogP contribution is -2.13. The number of halogens is 2. The van der Waals surface area contributed by atoms with Crippen LogP contribution in [-0.4, -0.2) is 28.6 Å². The third-order valence-corrected chi connectivity index (χ3v) is 5.70. The topological polar surface area (TPSA) is 89.8 Å².